The van der Waals surface area contributed by atoms with Crippen LogP contribution in [0.15, 0.2) is 46.9 Å². The van der Waals surface area contributed by atoms with Crippen molar-refractivity contribution in [3.63, 3.8) is 0 Å². The van der Waals surface area contributed by atoms with E-state index in [-0.39, 0.29) is 54.2 Å². The number of carbonyl (C=O) groups is 2. The fraction of sp³-hybridized carbons (Fsp3) is 0.472. The molecule has 9 rings (SSSR count). The van der Waals surface area contributed by atoms with Gasteiger partial charge in [-0.1, -0.05) is 31.5 Å². The Morgan fingerprint density at radius 1 is 1.06 bits per heavy atom. The number of aliphatic carboxylic acids is 1. The minimum absolute atomic E-state index is 0.00141. The van der Waals surface area contributed by atoms with Crippen LogP contribution in [-0.4, -0.2) is 73.2 Å². The van der Waals surface area contributed by atoms with Gasteiger partial charge in [0, 0.05) is 43.8 Å². The number of anilines is 1. The third kappa shape index (κ3) is 5.52. The van der Waals surface area contributed by atoms with Gasteiger partial charge in [-0.3, -0.25) is 9.36 Å². The van der Waals surface area contributed by atoms with E-state index >= 15 is 8.78 Å². The van der Waals surface area contributed by atoms with Crippen molar-refractivity contribution in [3.05, 3.63) is 53.9 Å². The molecule has 2 aromatic carbocycles. The number of hydrogen-bond donors (Lipinski definition) is 1. The Hall–Kier alpha value is -4.81. The maximum Gasteiger partial charge on any atom is 0.326 e. The number of hydrogen-bond acceptors (Lipinski definition) is 8. The Bertz CT molecular complexity index is 2090. The summed E-state index contributed by atoms with van der Waals surface area (Å²) >= 11 is 0. The predicted molar refractivity (Wildman–Crippen MR) is 178 cm³/mol. The average molecular weight is 673 g/mol. The maximum absolute atomic E-state index is 16.0. The van der Waals surface area contributed by atoms with Crippen LogP contribution < -0.4 is 9.64 Å². The van der Waals surface area contributed by atoms with Crippen molar-refractivity contribution in [1.82, 2.24) is 24.4 Å². The number of amides is 1. The molecule has 6 bridgehead atoms. The topological polar surface area (TPSA) is 127 Å². The molecule has 4 aliphatic rings. The summed E-state index contributed by atoms with van der Waals surface area (Å²) in [4.78, 5) is 42.9. The van der Waals surface area contributed by atoms with E-state index in [4.69, 9.17) is 14.1 Å². The molecule has 0 unspecified atom stereocenters. The first-order valence-electron chi connectivity index (χ1n) is 17.1. The molecule has 2 saturated heterocycles. The number of nitrogens with zero attached hydrogens (tertiary/aromatic N) is 6. The zero-order valence-electron chi connectivity index (χ0n) is 27.4. The van der Waals surface area contributed by atoms with Gasteiger partial charge < -0.3 is 24.1 Å². The SMILES string of the molecule is Cc1ccc2c(c1)oc1c3nc(nc12)C(F)(F)CCCCCC(=O)N1CC[C@@H]([C@@H](C)C1)n1c(nc2ccccc21)O[C@H]1C[C@@H](C(=O)O)N3C1. The van der Waals surface area contributed by atoms with Gasteiger partial charge in [-0.05, 0) is 61.9 Å². The van der Waals surface area contributed by atoms with Crippen molar-refractivity contribution in [3.8, 4) is 6.01 Å². The average Bonchev–Trinajstić information content (AvgIpc) is 3.76. The molecule has 3 aromatic heterocycles. The van der Waals surface area contributed by atoms with E-state index in [1.807, 2.05) is 42.2 Å². The van der Waals surface area contributed by atoms with E-state index in [1.165, 1.54) is 4.90 Å². The number of rotatable bonds is 1. The van der Waals surface area contributed by atoms with Gasteiger partial charge in [0.25, 0.3) is 6.01 Å². The predicted octanol–water partition coefficient (Wildman–Crippen LogP) is 6.61. The highest BCUT2D eigenvalue weighted by molar-refractivity contribution is 6.06. The van der Waals surface area contributed by atoms with Crippen molar-refractivity contribution in [1.29, 1.82) is 0 Å². The van der Waals surface area contributed by atoms with Crippen molar-refractivity contribution in [2.24, 2.45) is 5.92 Å². The highest BCUT2D eigenvalue weighted by Gasteiger charge is 2.44. The zero-order chi connectivity index (χ0) is 34.0. The van der Waals surface area contributed by atoms with Crippen LogP contribution in [0.2, 0.25) is 0 Å². The summed E-state index contributed by atoms with van der Waals surface area (Å²) in [5, 5.41) is 11.0. The highest BCUT2D eigenvalue weighted by atomic mass is 19.3. The fourth-order valence-electron chi connectivity index (χ4n) is 7.83. The number of piperidine rings is 1. The Labute approximate surface area is 280 Å². The van der Waals surface area contributed by atoms with Crippen LogP contribution in [-0.2, 0) is 15.5 Å². The van der Waals surface area contributed by atoms with Gasteiger partial charge in [-0.15, -0.1) is 0 Å². The van der Waals surface area contributed by atoms with Gasteiger partial charge in [0.2, 0.25) is 11.7 Å². The summed E-state index contributed by atoms with van der Waals surface area (Å²) in [5.41, 5.74) is 3.36. The zero-order valence-corrected chi connectivity index (χ0v) is 27.4. The van der Waals surface area contributed by atoms with Gasteiger partial charge in [-0.2, -0.15) is 13.8 Å². The first-order valence-corrected chi connectivity index (χ1v) is 17.1. The summed E-state index contributed by atoms with van der Waals surface area (Å²) in [6, 6.07) is 12.4. The number of imidazole rings is 1. The monoisotopic (exact) mass is 672 g/mol. The summed E-state index contributed by atoms with van der Waals surface area (Å²) in [6.07, 6.45) is 1.02. The summed E-state index contributed by atoms with van der Waals surface area (Å²) in [5.74, 6) is -5.10. The number of aryl methyl sites for hydroxylation is 1. The van der Waals surface area contributed by atoms with Gasteiger partial charge in [0.05, 0.1) is 17.6 Å². The summed E-state index contributed by atoms with van der Waals surface area (Å²) in [6.45, 7) is 5.19. The molecule has 1 N–H and O–H groups in total. The summed E-state index contributed by atoms with van der Waals surface area (Å²) < 4.78 is 46.8. The first-order chi connectivity index (χ1) is 23.6. The number of fused-ring (bicyclic) bond motifs is 12. The van der Waals surface area contributed by atoms with Crippen LogP contribution >= 0.6 is 0 Å². The molecule has 5 aromatic rings. The molecule has 13 heteroatoms. The second-order valence-corrected chi connectivity index (χ2v) is 13.8. The minimum Gasteiger partial charge on any atom is -0.480 e. The molecule has 2 fully saturated rings. The first kappa shape index (κ1) is 31.5. The lowest BCUT2D eigenvalue weighted by Gasteiger charge is -2.38. The lowest BCUT2D eigenvalue weighted by molar-refractivity contribution is -0.138. The highest BCUT2D eigenvalue weighted by Crippen LogP contribution is 2.42. The molecule has 0 radical (unpaired) electrons. The van der Waals surface area contributed by atoms with Crippen LogP contribution in [0.3, 0.4) is 0 Å². The number of carboxylic acids is 1. The molecule has 0 saturated carbocycles. The van der Waals surface area contributed by atoms with Crippen molar-refractivity contribution < 1.29 is 32.6 Å². The molecule has 7 heterocycles. The molecule has 4 aliphatic heterocycles. The van der Waals surface area contributed by atoms with Crippen LogP contribution in [0.5, 0.6) is 6.01 Å². The van der Waals surface area contributed by atoms with E-state index < -0.39 is 36.3 Å². The van der Waals surface area contributed by atoms with Crippen LogP contribution in [0, 0.1) is 12.8 Å². The normalized spacial score (nSPS) is 24.8. The van der Waals surface area contributed by atoms with Crippen molar-refractivity contribution >= 4 is 50.8 Å². The minimum atomic E-state index is -3.40. The van der Waals surface area contributed by atoms with Gasteiger partial charge in [0.15, 0.2) is 11.4 Å². The second kappa shape index (κ2) is 12.0. The lowest BCUT2D eigenvalue weighted by atomic mass is 9.93. The van der Waals surface area contributed by atoms with Crippen molar-refractivity contribution in [2.45, 2.75) is 82.9 Å². The quantitative estimate of drug-likeness (QED) is 0.209. The number of furan rings is 1. The van der Waals surface area contributed by atoms with Gasteiger partial charge in [-0.25, -0.2) is 14.8 Å². The van der Waals surface area contributed by atoms with Crippen LogP contribution in [0.1, 0.15) is 69.3 Å². The summed E-state index contributed by atoms with van der Waals surface area (Å²) in [7, 11) is 0. The second-order valence-electron chi connectivity index (χ2n) is 13.8. The maximum atomic E-state index is 16.0. The largest absolute Gasteiger partial charge is 0.480 e. The number of halogens is 2. The molecule has 0 aliphatic carbocycles. The van der Waals surface area contributed by atoms with Gasteiger partial charge >= 0.3 is 11.9 Å². The van der Waals surface area contributed by atoms with Crippen LogP contribution in [0.25, 0.3) is 33.1 Å². The van der Waals surface area contributed by atoms with E-state index in [2.05, 4.69) is 21.5 Å². The molecule has 256 valence electrons. The molecule has 4 atom stereocenters. The van der Waals surface area contributed by atoms with E-state index in [9.17, 15) is 14.7 Å². The molecular formula is C36H38F2N6O5. The Balaban J connectivity index is 1.26. The fourth-order valence-corrected chi connectivity index (χ4v) is 7.83. The molecule has 49 heavy (non-hydrogen) atoms. The van der Waals surface area contributed by atoms with E-state index in [0.717, 1.165) is 16.6 Å². The van der Waals surface area contributed by atoms with E-state index in [1.54, 1.807) is 12.1 Å². The molecule has 11 nitrogen and oxygen atoms in total. The lowest BCUT2D eigenvalue weighted by Crippen LogP contribution is -2.43. The molecule has 1 amide bonds. The number of benzene rings is 2. The third-order valence-corrected chi connectivity index (χ3v) is 10.4. The smallest absolute Gasteiger partial charge is 0.326 e. The third-order valence-electron chi connectivity index (χ3n) is 10.4. The number of carboxylic acid groups (broad SMARTS) is 1. The number of aromatic nitrogens is 4. The Morgan fingerprint density at radius 2 is 1.90 bits per heavy atom. The van der Waals surface area contributed by atoms with Crippen LogP contribution in [0.4, 0.5) is 14.6 Å². The number of carbonyl (C=O) groups excluding carboxylic acids is 1. The standard InChI is InChI=1S/C36H38F2N6O5/c1-20-11-12-23-28(16-20)49-31-30(23)40-34-36(37,38)14-7-3-4-10-29(45)42-15-13-25(21(2)18-42)44-26-9-6-5-8-24(26)39-35(44)48-22-17-27(33(46)47)43(19-22)32(31)41-34/h5-6,8-9,11-12,16,21-22,25,27H,3-4,7,10,13-15,17-19H2,1-2H3,(H,46,47)/t21-,22-,25-,27-/m0/s1. The Morgan fingerprint density at radius 3 is 2.71 bits per heavy atom. The Kier molecular flexibility index (Phi) is 7.68. The molecule has 0 spiro atoms. The molecular weight excluding hydrogens is 634 g/mol. The number of para-hydroxylation sites is 2. The van der Waals surface area contributed by atoms with E-state index in [0.29, 0.717) is 55.8 Å². The van der Waals surface area contributed by atoms with Gasteiger partial charge in [0.1, 0.15) is 23.2 Å². The number of ether oxygens (including phenoxy) is 1. The number of alkyl halides is 2. The van der Waals surface area contributed by atoms with Crippen molar-refractivity contribution in [2.75, 3.05) is 24.5 Å².